The predicted octanol–water partition coefficient (Wildman–Crippen LogP) is 2.66. The number of ether oxygens (including phenoxy) is 1. The number of alkyl halides is 3. The van der Waals surface area contributed by atoms with E-state index < -0.39 is 28.9 Å². The van der Waals surface area contributed by atoms with Crippen molar-refractivity contribution in [3.63, 3.8) is 0 Å². The topological polar surface area (TPSA) is 119 Å². The van der Waals surface area contributed by atoms with Crippen molar-refractivity contribution in [2.24, 2.45) is 0 Å². The Morgan fingerprint density at radius 1 is 1.16 bits per heavy atom. The molecule has 2 aromatic heterocycles. The van der Waals surface area contributed by atoms with Gasteiger partial charge in [-0.3, -0.25) is 14.6 Å². The molecule has 1 N–H and O–H groups in total. The number of aromatic nitrogens is 3. The molecule has 2 saturated heterocycles. The lowest BCUT2D eigenvalue weighted by Gasteiger charge is -2.42. The first-order valence-electron chi connectivity index (χ1n) is 12.2. The lowest BCUT2D eigenvalue weighted by Crippen LogP contribution is -2.55. The first-order valence-corrected chi connectivity index (χ1v) is 12.6. The number of likely N-dealkylation sites (tertiary alicyclic amines) is 1. The summed E-state index contributed by atoms with van der Waals surface area (Å²) in [6.45, 7) is 2.33. The van der Waals surface area contributed by atoms with E-state index in [0.717, 1.165) is 49.5 Å². The molecule has 0 unspecified atom stereocenters. The molecule has 4 heterocycles. The Labute approximate surface area is 221 Å². The van der Waals surface area contributed by atoms with Gasteiger partial charge in [0.15, 0.2) is 10.8 Å². The number of nitrogens with zero attached hydrogens (tertiary/aromatic N) is 7. The summed E-state index contributed by atoms with van der Waals surface area (Å²) in [5.74, 6) is -0.455. The summed E-state index contributed by atoms with van der Waals surface area (Å²) in [7, 11) is 0. The summed E-state index contributed by atoms with van der Waals surface area (Å²) < 4.78 is 46.6. The van der Waals surface area contributed by atoms with Crippen LogP contribution in [0.5, 0.6) is 6.01 Å². The van der Waals surface area contributed by atoms with Crippen molar-refractivity contribution >= 4 is 34.6 Å². The second-order valence-corrected chi connectivity index (χ2v) is 9.81. The molecule has 14 heteroatoms. The molecule has 0 bridgehead atoms. The van der Waals surface area contributed by atoms with Crippen molar-refractivity contribution < 1.29 is 27.8 Å². The minimum atomic E-state index is -4.83. The number of rotatable bonds is 6. The van der Waals surface area contributed by atoms with E-state index in [9.17, 15) is 18.0 Å². The van der Waals surface area contributed by atoms with Gasteiger partial charge in [-0.15, -0.1) is 0 Å². The van der Waals surface area contributed by atoms with Gasteiger partial charge in [0.1, 0.15) is 17.7 Å². The van der Waals surface area contributed by atoms with Crippen molar-refractivity contribution in [1.82, 2.24) is 19.9 Å². The largest absolute Gasteiger partial charge is 0.460 e. The van der Waals surface area contributed by atoms with Crippen molar-refractivity contribution in [3.05, 3.63) is 35.9 Å². The molecular formula is C24H24F3N7O3S. The summed E-state index contributed by atoms with van der Waals surface area (Å²) in [5.41, 5.74) is -2.80. The van der Waals surface area contributed by atoms with Crippen molar-refractivity contribution in [3.8, 4) is 12.1 Å². The Kier molecular flexibility index (Phi) is 6.93. The van der Waals surface area contributed by atoms with Crippen molar-refractivity contribution in [1.29, 1.82) is 5.26 Å². The van der Waals surface area contributed by atoms with Crippen LogP contribution in [0, 0.1) is 11.3 Å². The number of hydrogen-bond donors (Lipinski definition) is 1. The van der Waals surface area contributed by atoms with Crippen LogP contribution in [0.25, 0.3) is 0 Å². The maximum absolute atomic E-state index is 13.6. The molecule has 0 radical (unpaired) electrons. The number of β-amino-alcohol motifs (C(OH)–C–C–N with tert-alkyl or cyclic N) is 1. The van der Waals surface area contributed by atoms with E-state index in [-0.39, 0.29) is 29.5 Å². The van der Waals surface area contributed by atoms with Crippen LogP contribution in [0.2, 0.25) is 0 Å². The number of amides is 1. The molecular weight excluding hydrogens is 523 g/mol. The average molecular weight is 548 g/mol. The van der Waals surface area contributed by atoms with E-state index in [4.69, 9.17) is 27.3 Å². The zero-order chi connectivity index (χ0) is 27.1. The molecule has 1 spiro atoms. The third-order valence-electron chi connectivity index (χ3n) is 7.23. The number of anilines is 2. The van der Waals surface area contributed by atoms with Gasteiger partial charge < -0.3 is 14.7 Å². The summed E-state index contributed by atoms with van der Waals surface area (Å²) in [6.07, 6.45) is 2.35. The molecule has 5 rings (SSSR count). The summed E-state index contributed by atoms with van der Waals surface area (Å²) in [4.78, 5) is 30.6. The Morgan fingerprint density at radius 3 is 2.37 bits per heavy atom. The standard InChI is InChI=1S/C24H24F3N7O3S/c25-24(26,27)18-10-15(12-29-19(18)11-28)33-20(36)23(4-1-5-23)34(22(33)38)16-13-30-21(31-14-16)37-17-2-6-32(7-3-17)8-9-35/h10,12-14,17,35H,1-9H2. The molecule has 10 nitrogen and oxygen atoms in total. The molecule has 38 heavy (non-hydrogen) atoms. The molecule has 2 aliphatic heterocycles. The molecule has 2 aromatic rings. The first kappa shape index (κ1) is 26.2. The Balaban J connectivity index is 1.38. The van der Waals surface area contributed by atoms with Crippen LogP contribution < -0.4 is 14.5 Å². The second-order valence-electron chi connectivity index (χ2n) is 9.45. The minimum Gasteiger partial charge on any atom is -0.460 e. The molecule has 0 atom stereocenters. The zero-order valence-electron chi connectivity index (χ0n) is 20.2. The molecule has 3 aliphatic rings. The van der Waals surface area contributed by atoms with Gasteiger partial charge >= 0.3 is 12.2 Å². The Bertz CT molecular complexity index is 1270. The smallest absolute Gasteiger partial charge is 0.419 e. The highest BCUT2D eigenvalue weighted by Gasteiger charge is 2.60. The monoisotopic (exact) mass is 547 g/mol. The fourth-order valence-corrected chi connectivity index (χ4v) is 5.58. The third-order valence-corrected chi connectivity index (χ3v) is 7.60. The van der Waals surface area contributed by atoms with Gasteiger partial charge in [0.25, 0.3) is 5.91 Å². The number of hydrogen-bond acceptors (Lipinski definition) is 9. The zero-order valence-corrected chi connectivity index (χ0v) is 21.0. The Hall–Kier alpha value is -3.41. The molecule has 1 aliphatic carbocycles. The minimum absolute atomic E-state index is 0.0112. The quantitative estimate of drug-likeness (QED) is 0.541. The summed E-state index contributed by atoms with van der Waals surface area (Å²) in [5, 5.41) is 18.1. The molecule has 1 saturated carbocycles. The van der Waals surface area contributed by atoms with Gasteiger partial charge in [0.2, 0.25) is 0 Å². The van der Waals surface area contributed by atoms with E-state index in [0.29, 0.717) is 25.1 Å². The highest BCUT2D eigenvalue weighted by atomic mass is 32.1. The maximum Gasteiger partial charge on any atom is 0.419 e. The van der Waals surface area contributed by atoms with Crippen LogP contribution in [0.15, 0.2) is 24.7 Å². The van der Waals surface area contributed by atoms with E-state index in [1.807, 2.05) is 0 Å². The first-order chi connectivity index (χ1) is 18.2. The van der Waals surface area contributed by atoms with Crippen LogP contribution in [-0.4, -0.2) is 73.9 Å². The number of carbonyl (C=O) groups excluding carboxylic acids is 1. The van der Waals surface area contributed by atoms with Crippen LogP contribution in [0.3, 0.4) is 0 Å². The van der Waals surface area contributed by atoms with Crippen LogP contribution in [0.4, 0.5) is 24.5 Å². The molecule has 1 amide bonds. The predicted molar refractivity (Wildman–Crippen MR) is 132 cm³/mol. The highest BCUT2D eigenvalue weighted by molar-refractivity contribution is 7.81. The van der Waals surface area contributed by atoms with E-state index in [2.05, 4.69) is 19.9 Å². The van der Waals surface area contributed by atoms with Crippen LogP contribution >= 0.6 is 12.2 Å². The number of thiocarbonyl (C=S) groups is 1. The number of carbonyl (C=O) groups is 1. The summed E-state index contributed by atoms with van der Waals surface area (Å²) >= 11 is 5.59. The average Bonchev–Trinajstić information content (AvgIpc) is 3.11. The van der Waals surface area contributed by atoms with Crippen LogP contribution in [0.1, 0.15) is 43.4 Å². The van der Waals surface area contributed by atoms with Gasteiger partial charge in [0, 0.05) is 19.6 Å². The van der Waals surface area contributed by atoms with Crippen LogP contribution in [-0.2, 0) is 11.0 Å². The molecule has 3 fully saturated rings. The lowest BCUT2D eigenvalue weighted by atomic mass is 9.75. The van der Waals surface area contributed by atoms with E-state index in [1.165, 1.54) is 18.5 Å². The lowest BCUT2D eigenvalue weighted by molar-refractivity contribution is -0.138. The SMILES string of the molecule is N#Cc1ncc(N2C(=O)C3(CCC3)N(c3cnc(OC4CCN(CCO)CC4)nc3)C2=S)cc1C(F)(F)F. The van der Waals surface area contributed by atoms with Crippen molar-refractivity contribution in [2.75, 3.05) is 36.0 Å². The number of piperidine rings is 1. The van der Waals surface area contributed by atoms with Gasteiger partial charge in [0.05, 0.1) is 42.1 Å². The molecule has 200 valence electrons. The maximum atomic E-state index is 13.6. The Morgan fingerprint density at radius 2 is 1.82 bits per heavy atom. The van der Waals surface area contributed by atoms with Gasteiger partial charge in [-0.05, 0) is 50.4 Å². The van der Waals surface area contributed by atoms with Gasteiger partial charge in [-0.25, -0.2) is 15.0 Å². The normalized spacial score (nSPS) is 20.1. The fourth-order valence-electron chi connectivity index (χ4n) is 5.12. The van der Waals surface area contributed by atoms with E-state index >= 15 is 0 Å². The highest BCUT2D eigenvalue weighted by Crippen LogP contribution is 2.48. The number of pyridine rings is 1. The third kappa shape index (κ3) is 4.55. The van der Waals surface area contributed by atoms with Gasteiger partial charge in [-0.1, -0.05) is 0 Å². The fraction of sp³-hybridized carbons (Fsp3) is 0.500. The second kappa shape index (κ2) is 10.0. The number of halogens is 3. The van der Waals surface area contributed by atoms with Crippen molar-refractivity contribution in [2.45, 2.75) is 49.9 Å². The number of nitriles is 1. The number of aliphatic hydroxyl groups excluding tert-OH is 1. The molecule has 0 aromatic carbocycles. The van der Waals surface area contributed by atoms with Gasteiger partial charge in [-0.2, -0.15) is 18.4 Å². The summed E-state index contributed by atoms with van der Waals surface area (Å²) in [6, 6.07) is 2.34. The number of aliphatic hydroxyl groups is 1. The van der Waals surface area contributed by atoms with E-state index in [1.54, 1.807) is 4.90 Å².